The molecule has 5 heteroatoms. The third-order valence-corrected chi connectivity index (χ3v) is 4.72. The summed E-state index contributed by atoms with van der Waals surface area (Å²) in [7, 11) is 0. The smallest absolute Gasteiger partial charge is 0.337 e. The number of carbonyl (C=O) groups is 3. The first-order valence-corrected chi connectivity index (χ1v) is 6.39. The Morgan fingerprint density at radius 1 is 1.17 bits per heavy atom. The Bertz CT molecular complexity index is 457. The number of fused-ring (bicyclic) bond motifs is 1. The van der Waals surface area contributed by atoms with Gasteiger partial charge in [-0.25, -0.2) is 14.4 Å². The van der Waals surface area contributed by atoms with Gasteiger partial charge in [0.25, 0.3) is 0 Å². The van der Waals surface area contributed by atoms with Crippen molar-refractivity contribution in [3.8, 4) is 0 Å². The quantitative estimate of drug-likeness (QED) is 0.339. The maximum absolute atomic E-state index is 12.4. The molecule has 2 saturated heterocycles. The summed E-state index contributed by atoms with van der Waals surface area (Å²) in [6, 6.07) is -0.506. The normalized spacial score (nSPS) is 41.9. The van der Waals surface area contributed by atoms with Crippen LogP contribution >= 0.6 is 0 Å². The minimum absolute atomic E-state index is 0.00431. The Kier molecular flexibility index (Phi) is 2.26. The third kappa shape index (κ3) is 1.22. The summed E-state index contributed by atoms with van der Waals surface area (Å²) < 4.78 is -0.250. The number of carboxylic acid groups (broad SMARTS) is 1. The summed E-state index contributed by atoms with van der Waals surface area (Å²) in [5.41, 5.74) is -0.00431. The van der Waals surface area contributed by atoms with Crippen LogP contribution in [-0.4, -0.2) is 40.0 Å². The van der Waals surface area contributed by atoms with Gasteiger partial charge in [0, 0.05) is 0 Å². The van der Waals surface area contributed by atoms with Crippen LogP contribution in [-0.2, 0) is 14.4 Å². The molecule has 0 bridgehead atoms. The van der Waals surface area contributed by atoms with Gasteiger partial charge in [-0.3, -0.25) is 0 Å². The fraction of sp³-hybridized carbons (Fsp3) is 0.615. The first-order valence-electron chi connectivity index (χ1n) is 6.39. The lowest BCUT2D eigenvalue weighted by molar-refractivity contribution is -0.644. The highest BCUT2D eigenvalue weighted by Crippen LogP contribution is 2.51. The van der Waals surface area contributed by atoms with Gasteiger partial charge in [0.05, 0.1) is 17.4 Å². The van der Waals surface area contributed by atoms with E-state index < -0.39 is 12.0 Å². The predicted octanol–water partition coefficient (Wildman–Crippen LogP) is 0.699. The van der Waals surface area contributed by atoms with Gasteiger partial charge in [-0.15, -0.1) is 0 Å². The lowest BCUT2D eigenvalue weighted by Crippen LogP contribution is -2.37. The van der Waals surface area contributed by atoms with E-state index >= 15 is 0 Å². The average molecular weight is 250 g/mol. The topological polar surface area (TPSA) is 71.4 Å². The van der Waals surface area contributed by atoms with E-state index in [1.54, 1.807) is 0 Å². The van der Waals surface area contributed by atoms with Crippen LogP contribution < -0.4 is 0 Å². The second-order valence-corrected chi connectivity index (χ2v) is 5.57. The monoisotopic (exact) mass is 250 g/mol. The van der Waals surface area contributed by atoms with Gasteiger partial charge in [0.2, 0.25) is 0 Å². The van der Waals surface area contributed by atoms with Crippen molar-refractivity contribution in [1.29, 1.82) is 0 Å². The second-order valence-electron chi connectivity index (χ2n) is 5.57. The number of hydrogen-bond donors (Lipinski definition) is 1. The standard InChI is InChI=1S/C13H15NO4/c1-7(13(17)18)10-6-14(10)11(15)8-4-2-3-5-9(8)12(14)16/h8-10H,1-6H2/p+1. The lowest BCUT2D eigenvalue weighted by atomic mass is 9.81. The minimum Gasteiger partial charge on any atom is -0.478 e. The Morgan fingerprint density at radius 3 is 2.11 bits per heavy atom. The number of quaternary nitrogens is 1. The van der Waals surface area contributed by atoms with Gasteiger partial charge in [0.1, 0.15) is 0 Å². The van der Waals surface area contributed by atoms with Crippen molar-refractivity contribution >= 4 is 17.8 Å². The van der Waals surface area contributed by atoms with Gasteiger partial charge in [-0.1, -0.05) is 19.4 Å². The number of hydrogen-bond acceptors (Lipinski definition) is 3. The molecular weight excluding hydrogens is 234 g/mol. The summed E-state index contributed by atoms with van der Waals surface area (Å²) in [6.45, 7) is 3.82. The highest BCUT2D eigenvalue weighted by atomic mass is 16.4. The molecular formula is C13H16NO4+. The Morgan fingerprint density at radius 2 is 1.67 bits per heavy atom. The molecule has 2 aliphatic heterocycles. The van der Waals surface area contributed by atoms with Crippen LogP contribution in [0.4, 0.5) is 0 Å². The molecule has 3 fully saturated rings. The van der Waals surface area contributed by atoms with Crippen LogP contribution in [0.2, 0.25) is 0 Å². The van der Waals surface area contributed by atoms with E-state index in [1.165, 1.54) is 0 Å². The van der Waals surface area contributed by atoms with Crippen molar-refractivity contribution in [2.75, 3.05) is 6.54 Å². The second kappa shape index (κ2) is 3.51. The zero-order valence-corrected chi connectivity index (χ0v) is 10.1. The Labute approximate surface area is 105 Å². The van der Waals surface area contributed by atoms with Crippen LogP contribution in [0.3, 0.4) is 0 Å². The highest BCUT2D eigenvalue weighted by Gasteiger charge is 2.76. The molecule has 1 saturated carbocycles. The zero-order valence-electron chi connectivity index (χ0n) is 10.1. The van der Waals surface area contributed by atoms with Gasteiger partial charge >= 0.3 is 17.8 Å². The van der Waals surface area contributed by atoms with E-state index in [9.17, 15) is 14.4 Å². The number of nitrogens with zero attached hydrogens (tertiary/aromatic N) is 1. The maximum Gasteiger partial charge on any atom is 0.337 e. The molecule has 2 amide bonds. The van der Waals surface area contributed by atoms with Crippen molar-refractivity contribution in [3.05, 3.63) is 12.2 Å². The minimum atomic E-state index is -1.11. The van der Waals surface area contributed by atoms with Crippen molar-refractivity contribution in [1.82, 2.24) is 0 Å². The van der Waals surface area contributed by atoms with Gasteiger partial charge < -0.3 is 5.11 Å². The molecule has 0 radical (unpaired) electrons. The first kappa shape index (κ1) is 11.6. The fourth-order valence-corrected chi connectivity index (χ4v) is 3.65. The Balaban J connectivity index is 1.91. The molecule has 2 heterocycles. The zero-order chi connectivity index (χ0) is 13.1. The SMILES string of the molecule is C=C(C(=O)O)C1C[N+]12C(=O)C1CCCCC1C2=O. The number of imide groups is 1. The number of amides is 2. The van der Waals surface area contributed by atoms with E-state index in [-0.39, 0.29) is 33.7 Å². The number of carbonyl (C=O) groups excluding carboxylic acids is 2. The molecule has 3 unspecified atom stereocenters. The molecule has 3 aliphatic rings. The molecule has 1 spiro atoms. The number of carboxylic acids is 1. The summed E-state index contributed by atoms with van der Waals surface area (Å²) in [5, 5.41) is 8.94. The van der Waals surface area contributed by atoms with Gasteiger partial charge in [-0.2, -0.15) is 4.48 Å². The molecule has 18 heavy (non-hydrogen) atoms. The van der Waals surface area contributed by atoms with E-state index in [1.807, 2.05) is 0 Å². The van der Waals surface area contributed by atoms with E-state index in [2.05, 4.69) is 6.58 Å². The Hall–Kier alpha value is -1.49. The molecule has 1 N–H and O–H groups in total. The first-order chi connectivity index (χ1) is 8.50. The van der Waals surface area contributed by atoms with Crippen LogP contribution in [0.1, 0.15) is 25.7 Å². The molecule has 0 aromatic heterocycles. The molecule has 1 aliphatic carbocycles. The van der Waals surface area contributed by atoms with Crippen molar-refractivity contribution < 1.29 is 24.0 Å². The van der Waals surface area contributed by atoms with Gasteiger partial charge in [-0.05, 0) is 12.8 Å². The van der Waals surface area contributed by atoms with Crippen molar-refractivity contribution in [2.24, 2.45) is 11.8 Å². The molecule has 5 nitrogen and oxygen atoms in total. The van der Waals surface area contributed by atoms with Crippen LogP contribution in [0, 0.1) is 11.8 Å². The van der Waals surface area contributed by atoms with Crippen molar-refractivity contribution in [3.63, 3.8) is 0 Å². The summed E-state index contributed by atoms with van der Waals surface area (Å²) in [6.07, 6.45) is 3.54. The van der Waals surface area contributed by atoms with E-state index in [4.69, 9.17) is 5.11 Å². The number of rotatable bonds is 2. The maximum atomic E-state index is 12.4. The molecule has 0 aromatic rings. The fourth-order valence-electron chi connectivity index (χ4n) is 3.65. The van der Waals surface area contributed by atoms with Gasteiger partial charge in [0.15, 0.2) is 12.6 Å². The molecule has 3 rings (SSSR count). The third-order valence-electron chi connectivity index (χ3n) is 4.72. The average Bonchev–Trinajstić information content (AvgIpc) is 3.08. The summed E-state index contributed by atoms with van der Waals surface area (Å²) in [4.78, 5) is 35.7. The van der Waals surface area contributed by atoms with Crippen LogP contribution in [0.5, 0.6) is 0 Å². The van der Waals surface area contributed by atoms with Crippen LogP contribution in [0.25, 0.3) is 0 Å². The predicted molar refractivity (Wildman–Crippen MR) is 61.2 cm³/mol. The molecule has 3 atom stereocenters. The van der Waals surface area contributed by atoms with Crippen molar-refractivity contribution in [2.45, 2.75) is 31.7 Å². The van der Waals surface area contributed by atoms with Crippen LogP contribution in [0.15, 0.2) is 12.2 Å². The summed E-state index contributed by atoms with van der Waals surface area (Å²) in [5.74, 6) is -1.56. The molecule has 0 aromatic carbocycles. The van der Waals surface area contributed by atoms with E-state index in [0.717, 1.165) is 25.7 Å². The number of aliphatic carboxylic acids is 1. The molecule has 96 valence electrons. The summed E-state index contributed by atoms with van der Waals surface area (Å²) >= 11 is 0. The largest absolute Gasteiger partial charge is 0.478 e. The highest BCUT2D eigenvalue weighted by molar-refractivity contribution is 6.00. The lowest BCUT2D eigenvalue weighted by Gasteiger charge is -2.17. The van der Waals surface area contributed by atoms with E-state index in [0.29, 0.717) is 6.54 Å².